The maximum Gasteiger partial charge on any atom is 0.0426 e. The summed E-state index contributed by atoms with van der Waals surface area (Å²) < 4.78 is 0. The third-order valence-electron chi connectivity index (χ3n) is 3.91. The maximum atomic E-state index is 6.04. The third kappa shape index (κ3) is 2.75. The van der Waals surface area contributed by atoms with Crippen LogP contribution in [0.1, 0.15) is 20.3 Å². The molecule has 2 rings (SSSR count). The van der Waals surface area contributed by atoms with E-state index in [-0.39, 0.29) is 5.41 Å². The first-order chi connectivity index (χ1) is 8.03. The molecule has 1 aromatic carbocycles. The van der Waals surface area contributed by atoms with Gasteiger partial charge in [0.05, 0.1) is 0 Å². The van der Waals surface area contributed by atoms with Gasteiger partial charge >= 0.3 is 0 Å². The molecular weight excluding hydrogens is 232 g/mol. The van der Waals surface area contributed by atoms with Crippen LogP contribution in [-0.2, 0) is 0 Å². The van der Waals surface area contributed by atoms with E-state index < -0.39 is 0 Å². The zero-order chi connectivity index (χ0) is 12.5. The number of nitrogens with two attached hydrogens (primary N) is 1. The summed E-state index contributed by atoms with van der Waals surface area (Å²) in [7, 11) is 0. The molecule has 2 nitrogen and oxygen atoms in total. The van der Waals surface area contributed by atoms with Crippen molar-refractivity contribution < 1.29 is 0 Å². The van der Waals surface area contributed by atoms with Gasteiger partial charge in [-0.05, 0) is 42.5 Å². The molecule has 1 heterocycles. The second-order valence-corrected chi connectivity index (χ2v) is 6.05. The van der Waals surface area contributed by atoms with Gasteiger partial charge in [0.1, 0.15) is 0 Å². The van der Waals surface area contributed by atoms with Crippen LogP contribution in [-0.4, -0.2) is 19.6 Å². The predicted octanol–water partition coefficient (Wildman–Crippen LogP) is 3.15. The summed E-state index contributed by atoms with van der Waals surface area (Å²) >= 11 is 6.04. The maximum absolute atomic E-state index is 6.04. The lowest BCUT2D eigenvalue weighted by Gasteiger charge is -2.45. The Balaban J connectivity index is 2.15. The topological polar surface area (TPSA) is 29.3 Å². The lowest BCUT2D eigenvalue weighted by Crippen LogP contribution is -2.48. The van der Waals surface area contributed by atoms with Gasteiger partial charge in [-0.3, -0.25) is 0 Å². The Morgan fingerprint density at radius 1 is 1.47 bits per heavy atom. The number of hydrogen-bond donors (Lipinski definition) is 1. The molecule has 1 atom stereocenters. The highest BCUT2D eigenvalue weighted by Crippen LogP contribution is 2.36. The molecule has 0 aliphatic carbocycles. The molecule has 1 fully saturated rings. The first kappa shape index (κ1) is 12.7. The van der Waals surface area contributed by atoms with E-state index in [4.69, 9.17) is 17.3 Å². The zero-order valence-corrected chi connectivity index (χ0v) is 11.4. The summed E-state index contributed by atoms with van der Waals surface area (Å²) in [6.45, 7) is 7.53. The van der Waals surface area contributed by atoms with Crippen molar-refractivity contribution in [3.05, 3.63) is 29.3 Å². The smallest absolute Gasteiger partial charge is 0.0426 e. The lowest BCUT2D eigenvalue weighted by molar-refractivity contribution is 0.182. The Morgan fingerprint density at radius 2 is 2.24 bits per heavy atom. The molecular formula is C14H21ClN2. The SMILES string of the molecule is CC1(C)CN(c2cccc(Cl)c2)CCC1CN. The van der Waals surface area contributed by atoms with E-state index in [1.165, 1.54) is 5.69 Å². The van der Waals surface area contributed by atoms with Crippen molar-refractivity contribution in [2.45, 2.75) is 20.3 Å². The fourth-order valence-electron chi connectivity index (χ4n) is 2.73. The van der Waals surface area contributed by atoms with Crippen molar-refractivity contribution >= 4 is 17.3 Å². The van der Waals surface area contributed by atoms with E-state index >= 15 is 0 Å². The number of benzene rings is 1. The van der Waals surface area contributed by atoms with Gasteiger partial charge in [-0.15, -0.1) is 0 Å². The summed E-state index contributed by atoms with van der Waals surface area (Å²) in [5, 5.41) is 0.807. The fourth-order valence-corrected chi connectivity index (χ4v) is 2.92. The first-order valence-electron chi connectivity index (χ1n) is 6.23. The van der Waals surface area contributed by atoms with Gasteiger partial charge in [0.15, 0.2) is 0 Å². The van der Waals surface area contributed by atoms with Crippen LogP contribution in [0.25, 0.3) is 0 Å². The minimum Gasteiger partial charge on any atom is -0.371 e. The molecule has 1 aliphatic heterocycles. The molecule has 0 saturated carbocycles. The van der Waals surface area contributed by atoms with E-state index in [0.29, 0.717) is 5.92 Å². The van der Waals surface area contributed by atoms with Gasteiger partial charge in [-0.25, -0.2) is 0 Å². The largest absolute Gasteiger partial charge is 0.371 e. The van der Waals surface area contributed by atoms with Crippen LogP contribution in [0.2, 0.25) is 5.02 Å². The van der Waals surface area contributed by atoms with Crippen molar-refractivity contribution in [2.24, 2.45) is 17.1 Å². The molecule has 1 aromatic rings. The van der Waals surface area contributed by atoms with Crippen LogP contribution in [0.15, 0.2) is 24.3 Å². The van der Waals surface area contributed by atoms with Crippen molar-refractivity contribution in [2.75, 3.05) is 24.5 Å². The van der Waals surface area contributed by atoms with E-state index in [1.807, 2.05) is 18.2 Å². The monoisotopic (exact) mass is 252 g/mol. The molecule has 0 bridgehead atoms. The van der Waals surface area contributed by atoms with Gasteiger partial charge in [0.25, 0.3) is 0 Å². The Bertz CT molecular complexity index is 390. The highest BCUT2D eigenvalue weighted by atomic mass is 35.5. The normalized spacial score (nSPS) is 23.8. The molecule has 0 spiro atoms. The first-order valence-corrected chi connectivity index (χ1v) is 6.61. The molecule has 0 radical (unpaired) electrons. The zero-order valence-electron chi connectivity index (χ0n) is 10.6. The van der Waals surface area contributed by atoms with Crippen LogP contribution in [0.5, 0.6) is 0 Å². The Morgan fingerprint density at radius 3 is 2.82 bits per heavy atom. The van der Waals surface area contributed by atoms with Crippen molar-refractivity contribution in [1.29, 1.82) is 0 Å². The van der Waals surface area contributed by atoms with Crippen molar-refractivity contribution in [3.8, 4) is 0 Å². The molecule has 1 aliphatic rings. The van der Waals surface area contributed by atoms with Gasteiger partial charge in [-0.1, -0.05) is 31.5 Å². The molecule has 0 amide bonds. The standard InChI is InChI=1S/C14H21ClN2/c1-14(2)10-17(7-6-11(14)9-16)13-5-3-4-12(15)8-13/h3-5,8,11H,6-7,9-10,16H2,1-2H3. The third-order valence-corrected chi connectivity index (χ3v) is 4.14. The molecule has 3 heteroatoms. The van der Waals surface area contributed by atoms with Gasteiger partial charge in [0.2, 0.25) is 0 Å². The van der Waals surface area contributed by atoms with Gasteiger partial charge in [-0.2, -0.15) is 0 Å². The molecule has 94 valence electrons. The molecule has 1 saturated heterocycles. The fraction of sp³-hybridized carbons (Fsp3) is 0.571. The van der Waals surface area contributed by atoms with E-state index in [2.05, 4.69) is 24.8 Å². The van der Waals surface area contributed by atoms with E-state index in [9.17, 15) is 0 Å². The number of anilines is 1. The molecule has 17 heavy (non-hydrogen) atoms. The van der Waals surface area contributed by atoms with Crippen LogP contribution in [0, 0.1) is 11.3 Å². The number of piperidine rings is 1. The summed E-state index contributed by atoms with van der Waals surface area (Å²) in [5.74, 6) is 0.623. The second kappa shape index (κ2) is 4.87. The molecule has 1 unspecified atom stereocenters. The number of halogens is 1. The number of hydrogen-bond acceptors (Lipinski definition) is 2. The average Bonchev–Trinajstić information content (AvgIpc) is 2.27. The Kier molecular flexibility index (Phi) is 3.64. The van der Waals surface area contributed by atoms with Crippen molar-refractivity contribution in [1.82, 2.24) is 0 Å². The Hall–Kier alpha value is -0.730. The second-order valence-electron chi connectivity index (χ2n) is 5.61. The summed E-state index contributed by atoms with van der Waals surface area (Å²) in [5.41, 5.74) is 7.34. The average molecular weight is 253 g/mol. The van der Waals surface area contributed by atoms with Crippen molar-refractivity contribution in [3.63, 3.8) is 0 Å². The van der Waals surface area contributed by atoms with E-state index in [1.54, 1.807) is 0 Å². The predicted molar refractivity (Wildman–Crippen MR) is 74.6 cm³/mol. The number of rotatable bonds is 2. The Labute approximate surface area is 109 Å². The van der Waals surface area contributed by atoms with Crippen LogP contribution in [0.3, 0.4) is 0 Å². The minimum atomic E-state index is 0.273. The van der Waals surface area contributed by atoms with E-state index in [0.717, 1.165) is 31.1 Å². The van der Waals surface area contributed by atoms with Gasteiger partial charge < -0.3 is 10.6 Å². The minimum absolute atomic E-state index is 0.273. The highest BCUT2D eigenvalue weighted by molar-refractivity contribution is 6.30. The van der Waals surface area contributed by atoms with Gasteiger partial charge in [0, 0.05) is 23.8 Å². The summed E-state index contributed by atoms with van der Waals surface area (Å²) in [6, 6.07) is 8.10. The van der Waals surface area contributed by atoms with Crippen LogP contribution < -0.4 is 10.6 Å². The van der Waals surface area contributed by atoms with Crippen LogP contribution in [0.4, 0.5) is 5.69 Å². The molecule has 2 N–H and O–H groups in total. The molecule has 0 aromatic heterocycles. The summed E-state index contributed by atoms with van der Waals surface area (Å²) in [4.78, 5) is 2.41. The summed E-state index contributed by atoms with van der Waals surface area (Å²) in [6.07, 6.45) is 1.16. The lowest BCUT2D eigenvalue weighted by atomic mass is 9.74. The van der Waals surface area contributed by atoms with Crippen LogP contribution >= 0.6 is 11.6 Å². The number of nitrogens with zero attached hydrogens (tertiary/aromatic N) is 1. The quantitative estimate of drug-likeness (QED) is 0.876. The highest BCUT2D eigenvalue weighted by Gasteiger charge is 2.34.